The fourth-order valence-electron chi connectivity index (χ4n) is 0.930. The van der Waals surface area contributed by atoms with E-state index in [-0.39, 0.29) is 17.0 Å². The summed E-state index contributed by atoms with van der Waals surface area (Å²) in [7, 11) is 0. The maximum atomic E-state index is 10.6. The lowest BCUT2D eigenvalue weighted by Gasteiger charge is -2.21. The molecule has 0 spiro atoms. The Hall–Kier alpha value is -0.190. The van der Waals surface area contributed by atoms with Crippen LogP contribution < -0.4 is 0 Å². The van der Waals surface area contributed by atoms with Crippen molar-refractivity contribution in [1.29, 1.82) is 0 Å². The molecule has 1 unspecified atom stereocenters. The second kappa shape index (κ2) is 3.52. The number of hydrogen-bond donors (Lipinski definition) is 2. The summed E-state index contributed by atoms with van der Waals surface area (Å²) in [6, 6.07) is 0. The van der Waals surface area contributed by atoms with Crippen LogP contribution in [0.25, 0.3) is 0 Å². The molecule has 1 aliphatic rings. The molecule has 0 amide bonds. The predicted octanol–water partition coefficient (Wildman–Crippen LogP) is 2.74. The van der Waals surface area contributed by atoms with E-state index in [2.05, 4.69) is 15.9 Å². The van der Waals surface area contributed by atoms with Crippen LogP contribution in [0.5, 0.6) is 0 Å². The second-order valence-corrected chi connectivity index (χ2v) is 5.56. The van der Waals surface area contributed by atoms with E-state index < -0.39 is 15.5 Å². The summed E-state index contributed by atoms with van der Waals surface area (Å²) >= 11 is 14.5. The molecule has 0 saturated carbocycles. The summed E-state index contributed by atoms with van der Waals surface area (Å²) in [6.45, 7) is 0. The molecule has 2 N–H and O–H groups in total. The Morgan fingerprint density at radius 2 is 2.23 bits per heavy atom. The molecule has 1 rings (SSSR count). The average Bonchev–Trinajstić information content (AvgIpc) is 1.95. The van der Waals surface area contributed by atoms with Gasteiger partial charge in [0.25, 0.3) is 0 Å². The van der Waals surface area contributed by atoms with Crippen LogP contribution in [-0.2, 0) is 4.79 Å². The third-order valence-electron chi connectivity index (χ3n) is 1.49. The topological polar surface area (TPSA) is 57.5 Å². The Labute approximate surface area is 92.8 Å². The summed E-state index contributed by atoms with van der Waals surface area (Å²) in [6.07, 6.45) is 1.36. The molecular weight excluding hydrogens is 283 g/mol. The Kier molecular flexibility index (Phi) is 2.95. The monoisotopic (exact) mass is 286 g/mol. The van der Waals surface area contributed by atoms with Gasteiger partial charge in [-0.15, -0.1) is 11.6 Å². The van der Waals surface area contributed by atoms with Gasteiger partial charge in [0.2, 0.25) is 0 Å². The first kappa shape index (κ1) is 10.9. The van der Waals surface area contributed by atoms with E-state index in [0.717, 1.165) is 0 Å². The van der Waals surface area contributed by atoms with Gasteiger partial charge in [0, 0.05) is 6.42 Å². The quantitative estimate of drug-likeness (QED) is 0.729. The molecule has 0 aromatic rings. The predicted molar refractivity (Wildman–Crippen MR) is 53.4 cm³/mol. The molecule has 0 aromatic heterocycles. The van der Waals surface area contributed by atoms with E-state index in [1.165, 1.54) is 6.08 Å². The normalized spacial score (nSPS) is 28.7. The molecule has 0 aromatic carbocycles. The van der Waals surface area contributed by atoms with Gasteiger partial charge in [-0.1, -0.05) is 27.5 Å². The minimum atomic E-state index is -1.26. The molecule has 72 valence electrons. The molecule has 0 fully saturated rings. The van der Waals surface area contributed by atoms with E-state index in [1.807, 2.05) is 0 Å². The minimum absolute atomic E-state index is 0.0341. The van der Waals surface area contributed by atoms with E-state index in [4.69, 9.17) is 28.3 Å². The van der Waals surface area contributed by atoms with Crippen molar-refractivity contribution in [2.75, 3.05) is 0 Å². The molecule has 1 aliphatic carbocycles. The van der Waals surface area contributed by atoms with Gasteiger partial charge in [0.15, 0.2) is 0 Å². The smallest absolute Gasteiger partial charge is 0.339 e. The highest BCUT2D eigenvalue weighted by atomic mass is 79.9. The van der Waals surface area contributed by atoms with E-state index in [1.54, 1.807) is 0 Å². The lowest BCUT2D eigenvalue weighted by atomic mass is 10.0. The summed E-state index contributed by atoms with van der Waals surface area (Å²) in [4.78, 5) is 10.6. The zero-order valence-electron chi connectivity index (χ0n) is 6.22. The zero-order valence-corrected chi connectivity index (χ0v) is 9.32. The number of aliphatic hydroxyl groups excluding tert-OH is 1. The van der Waals surface area contributed by atoms with Crippen molar-refractivity contribution in [3.05, 3.63) is 22.4 Å². The number of hydrogen-bond acceptors (Lipinski definition) is 2. The van der Waals surface area contributed by atoms with Crippen LogP contribution in [0.3, 0.4) is 0 Å². The third kappa shape index (κ3) is 2.39. The first-order valence-electron chi connectivity index (χ1n) is 3.25. The molecule has 0 bridgehead atoms. The summed E-state index contributed by atoms with van der Waals surface area (Å²) in [5.74, 6) is -1.69. The molecule has 0 radical (unpaired) electrons. The van der Waals surface area contributed by atoms with Crippen LogP contribution in [0, 0.1) is 0 Å². The number of aliphatic carboxylic acids is 1. The average molecular weight is 288 g/mol. The molecule has 6 heteroatoms. The maximum Gasteiger partial charge on any atom is 0.339 e. The fraction of sp³-hybridized carbons (Fsp3) is 0.286. The third-order valence-corrected chi connectivity index (χ3v) is 2.55. The van der Waals surface area contributed by atoms with Crippen LogP contribution in [-0.4, -0.2) is 20.0 Å². The molecule has 0 aliphatic heterocycles. The highest BCUT2D eigenvalue weighted by Crippen LogP contribution is 2.41. The van der Waals surface area contributed by atoms with Crippen LogP contribution in [0.4, 0.5) is 0 Å². The van der Waals surface area contributed by atoms with Gasteiger partial charge in [-0.25, -0.2) is 4.79 Å². The Morgan fingerprint density at radius 3 is 2.69 bits per heavy atom. The van der Waals surface area contributed by atoms with Gasteiger partial charge in [-0.05, 0) is 6.08 Å². The van der Waals surface area contributed by atoms with E-state index >= 15 is 0 Å². The Morgan fingerprint density at radius 1 is 1.69 bits per heavy atom. The molecule has 1 atom stereocenters. The largest absolute Gasteiger partial charge is 0.506 e. The van der Waals surface area contributed by atoms with Crippen molar-refractivity contribution in [3.63, 3.8) is 0 Å². The van der Waals surface area contributed by atoms with Gasteiger partial charge in [-0.2, -0.15) is 0 Å². The Balaban J connectivity index is 3.16. The number of allylic oxidation sites excluding steroid dienone is 2. The van der Waals surface area contributed by atoms with E-state index in [9.17, 15) is 9.90 Å². The molecule has 0 saturated heterocycles. The van der Waals surface area contributed by atoms with E-state index in [0.29, 0.717) is 0 Å². The number of carbonyl (C=O) groups is 1. The highest BCUT2D eigenvalue weighted by Gasteiger charge is 2.32. The lowest BCUT2D eigenvalue weighted by Crippen LogP contribution is -2.19. The first-order chi connectivity index (χ1) is 5.83. The SMILES string of the molecule is O=C(O)C1=CC(Cl)(Br)CC(Cl)=C1O. The van der Waals surface area contributed by atoms with Crippen molar-refractivity contribution in [3.8, 4) is 0 Å². The van der Waals surface area contributed by atoms with Crippen LogP contribution in [0.2, 0.25) is 0 Å². The van der Waals surface area contributed by atoms with Crippen LogP contribution >= 0.6 is 39.1 Å². The highest BCUT2D eigenvalue weighted by molar-refractivity contribution is 9.10. The van der Waals surface area contributed by atoms with Crippen LogP contribution in [0.15, 0.2) is 22.4 Å². The van der Waals surface area contributed by atoms with Crippen molar-refractivity contribution >= 4 is 45.1 Å². The summed E-state index contributed by atoms with van der Waals surface area (Å²) in [5, 5.41) is 18.0. The lowest BCUT2D eigenvalue weighted by molar-refractivity contribution is -0.132. The minimum Gasteiger partial charge on any atom is -0.506 e. The van der Waals surface area contributed by atoms with Gasteiger partial charge in [-0.3, -0.25) is 0 Å². The first-order valence-corrected chi connectivity index (χ1v) is 4.80. The fourth-order valence-corrected chi connectivity index (χ4v) is 2.22. The zero-order chi connectivity index (χ0) is 10.2. The summed E-state index contributed by atoms with van der Waals surface area (Å²) in [5.41, 5.74) is -0.289. The van der Waals surface area contributed by atoms with Crippen molar-refractivity contribution < 1.29 is 15.0 Å². The maximum absolute atomic E-state index is 10.6. The van der Waals surface area contributed by atoms with Gasteiger partial charge < -0.3 is 10.2 Å². The van der Waals surface area contributed by atoms with Crippen molar-refractivity contribution in [2.45, 2.75) is 10.2 Å². The number of rotatable bonds is 1. The number of aliphatic hydroxyl groups is 1. The molecule has 13 heavy (non-hydrogen) atoms. The van der Waals surface area contributed by atoms with Crippen molar-refractivity contribution in [1.82, 2.24) is 0 Å². The van der Waals surface area contributed by atoms with Gasteiger partial charge in [0.1, 0.15) is 15.1 Å². The Bertz CT molecular complexity index is 320. The number of carboxylic acid groups (broad SMARTS) is 1. The van der Waals surface area contributed by atoms with Crippen LogP contribution in [0.1, 0.15) is 6.42 Å². The molecular formula is C7H5BrCl2O3. The van der Waals surface area contributed by atoms with Gasteiger partial charge in [0.05, 0.1) is 5.03 Å². The van der Waals surface area contributed by atoms with Gasteiger partial charge >= 0.3 is 5.97 Å². The number of alkyl halides is 2. The summed E-state index contributed by atoms with van der Waals surface area (Å²) < 4.78 is -1.02. The molecule has 3 nitrogen and oxygen atoms in total. The van der Waals surface area contributed by atoms with Crippen molar-refractivity contribution in [2.24, 2.45) is 0 Å². The number of halogens is 3. The second-order valence-electron chi connectivity index (χ2n) is 2.55. The standard InChI is InChI=1S/C7H5BrCl2O3/c8-7(10)1-3(6(12)13)5(11)4(9)2-7/h1,11H,2H2,(H,12,13). The number of carboxylic acids is 1. The molecule has 0 heterocycles.